The van der Waals surface area contributed by atoms with Gasteiger partial charge in [0.15, 0.2) is 28.2 Å². The molecule has 0 fully saturated rings. The summed E-state index contributed by atoms with van der Waals surface area (Å²) in [5, 5.41) is 18.5. The van der Waals surface area contributed by atoms with Crippen LogP contribution in [0.5, 0.6) is 17.2 Å². The minimum Gasteiger partial charge on any atom is -0.497 e. The van der Waals surface area contributed by atoms with E-state index in [1.807, 2.05) is 77.4 Å². The molecule has 0 spiro atoms. The third kappa shape index (κ3) is 7.05. The Kier molecular flexibility index (Phi) is 10.1. The molecule has 1 N–H and O–H groups in total. The topological polar surface area (TPSA) is 133 Å². The van der Waals surface area contributed by atoms with Gasteiger partial charge in [-0.25, -0.2) is 5.01 Å². The van der Waals surface area contributed by atoms with E-state index in [9.17, 15) is 9.59 Å². The van der Waals surface area contributed by atoms with Crippen LogP contribution in [-0.4, -0.2) is 64.4 Å². The number of para-hydroxylation sites is 1. The monoisotopic (exact) mass is 666 g/mol. The maximum atomic E-state index is 14.0. The predicted molar refractivity (Wildman–Crippen MR) is 179 cm³/mol. The highest BCUT2D eigenvalue weighted by atomic mass is 32.2. The molecule has 0 aliphatic carbocycles. The molecule has 1 atom stereocenters. The van der Waals surface area contributed by atoms with E-state index in [2.05, 4.69) is 15.5 Å². The lowest BCUT2D eigenvalue weighted by Gasteiger charge is -2.24. The molecule has 1 aliphatic rings. The van der Waals surface area contributed by atoms with Crippen molar-refractivity contribution in [1.82, 2.24) is 25.1 Å². The van der Waals surface area contributed by atoms with Crippen molar-refractivity contribution < 1.29 is 28.2 Å². The van der Waals surface area contributed by atoms with Crippen LogP contribution >= 0.6 is 11.8 Å². The fraction of sp³-hybridized carbons (Fsp3) is 0.229. The molecule has 0 radical (unpaired) electrons. The van der Waals surface area contributed by atoms with Crippen LogP contribution in [0.2, 0.25) is 0 Å². The zero-order valence-corrected chi connectivity index (χ0v) is 27.5. The van der Waals surface area contributed by atoms with Gasteiger partial charge in [0.25, 0.3) is 11.8 Å². The molecule has 2 amide bonds. The Morgan fingerprint density at radius 1 is 0.917 bits per heavy atom. The van der Waals surface area contributed by atoms with Crippen LogP contribution in [0, 0.1) is 0 Å². The Morgan fingerprint density at radius 3 is 2.44 bits per heavy atom. The van der Waals surface area contributed by atoms with Crippen molar-refractivity contribution >= 4 is 29.3 Å². The number of hydrogen-bond acceptors (Lipinski definition) is 10. The summed E-state index contributed by atoms with van der Waals surface area (Å²) in [5.74, 6) is 2.03. The Labute approximate surface area is 281 Å². The molecule has 0 unspecified atom stereocenters. The summed E-state index contributed by atoms with van der Waals surface area (Å²) in [4.78, 5) is 26.6. The summed E-state index contributed by atoms with van der Waals surface area (Å²) in [6.07, 6.45) is 1.91. The Bertz CT molecular complexity index is 1890. The molecule has 3 heterocycles. The fourth-order valence-corrected chi connectivity index (χ4v) is 6.25. The number of furan rings is 1. The highest BCUT2D eigenvalue weighted by Gasteiger charge is 2.36. The standard InChI is InChI=1S/C35H34N6O6S/c1-44-25-16-14-24(15-17-25)27-19-28(26-11-7-12-29(45-2)33(26)46-3)41(39-27)32(42)22-48-35-38-37-31(20-36-34(43)30-13-8-18-47-30)40(35)21-23-9-5-4-6-10-23/h4-18,28H,19-22H2,1-3H3,(H,36,43)/t28-/m0/s1. The van der Waals surface area contributed by atoms with Gasteiger partial charge in [-0.05, 0) is 53.6 Å². The van der Waals surface area contributed by atoms with Gasteiger partial charge in [0.2, 0.25) is 0 Å². The molecular weight excluding hydrogens is 632 g/mol. The van der Waals surface area contributed by atoms with Crippen molar-refractivity contribution in [3.05, 3.63) is 119 Å². The number of rotatable bonds is 13. The van der Waals surface area contributed by atoms with Gasteiger partial charge in [-0.1, -0.05) is 54.2 Å². The number of thioether (sulfide) groups is 1. The van der Waals surface area contributed by atoms with Crippen molar-refractivity contribution in [1.29, 1.82) is 0 Å². The van der Waals surface area contributed by atoms with Crippen molar-refractivity contribution in [3.63, 3.8) is 0 Å². The summed E-state index contributed by atoms with van der Waals surface area (Å²) in [5.41, 5.74) is 3.44. The van der Waals surface area contributed by atoms with E-state index in [4.69, 9.17) is 23.7 Å². The molecule has 0 saturated carbocycles. The lowest BCUT2D eigenvalue weighted by atomic mass is 9.97. The summed E-state index contributed by atoms with van der Waals surface area (Å²) >= 11 is 1.26. The number of nitrogens with one attached hydrogen (secondary N) is 1. The molecule has 6 rings (SSSR count). The smallest absolute Gasteiger partial charge is 0.287 e. The summed E-state index contributed by atoms with van der Waals surface area (Å²) < 4.78 is 23.8. The molecule has 246 valence electrons. The van der Waals surface area contributed by atoms with E-state index in [0.29, 0.717) is 35.4 Å². The SMILES string of the molecule is COc1ccc(C2=NN(C(=O)CSc3nnc(CNC(=O)c4ccco4)n3Cc3ccccc3)[C@H](c3cccc(OC)c3OC)C2)cc1. The number of methoxy groups -OCH3 is 3. The van der Waals surface area contributed by atoms with Crippen molar-refractivity contribution in [2.24, 2.45) is 5.10 Å². The molecule has 0 bridgehead atoms. The van der Waals surface area contributed by atoms with E-state index in [-0.39, 0.29) is 29.9 Å². The summed E-state index contributed by atoms with van der Waals surface area (Å²) in [6, 6.07) is 25.9. The van der Waals surface area contributed by atoms with Gasteiger partial charge in [0.05, 0.1) is 58.2 Å². The first-order valence-corrected chi connectivity index (χ1v) is 16.1. The first-order valence-electron chi connectivity index (χ1n) is 15.1. The zero-order valence-electron chi connectivity index (χ0n) is 26.7. The molecule has 48 heavy (non-hydrogen) atoms. The molecule has 1 aliphatic heterocycles. The molecule has 0 saturated heterocycles. The van der Waals surface area contributed by atoms with E-state index in [1.54, 1.807) is 33.5 Å². The Hall–Kier alpha value is -5.56. The quantitative estimate of drug-likeness (QED) is 0.165. The van der Waals surface area contributed by atoms with Crippen LogP contribution in [0.3, 0.4) is 0 Å². The van der Waals surface area contributed by atoms with Crippen LogP contribution in [0.25, 0.3) is 0 Å². The molecule has 13 heteroatoms. The Morgan fingerprint density at radius 2 is 1.73 bits per heavy atom. The number of ether oxygens (including phenoxy) is 3. The third-order valence-electron chi connectivity index (χ3n) is 7.84. The van der Waals surface area contributed by atoms with E-state index in [0.717, 1.165) is 28.2 Å². The van der Waals surface area contributed by atoms with Crippen LogP contribution < -0.4 is 19.5 Å². The Balaban J connectivity index is 1.26. The van der Waals surface area contributed by atoms with Crippen molar-refractivity contribution in [2.75, 3.05) is 27.1 Å². The molecule has 2 aromatic heterocycles. The van der Waals surface area contributed by atoms with E-state index >= 15 is 0 Å². The van der Waals surface area contributed by atoms with Gasteiger partial charge < -0.3 is 28.5 Å². The normalized spacial score (nSPS) is 14.0. The van der Waals surface area contributed by atoms with Crippen LogP contribution in [0.4, 0.5) is 0 Å². The third-order valence-corrected chi connectivity index (χ3v) is 8.79. The first-order chi connectivity index (χ1) is 23.5. The van der Waals surface area contributed by atoms with Gasteiger partial charge in [0.1, 0.15) is 5.75 Å². The highest BCUT2D eigenvalue weighted by Crippen LogP contribution is 2.42. The van der Waals surface area contributed by atoms with Crippen molar-refractivity contribution in [3.8, 4) is 17.2 Å². The zero-order chi connectivity index (χ0) is 33.5. The highest BCUT2D eigenvalue weighted by molar-refractivity contribution is 7.99. The molecular formula is C35H34N6O6S. The largest absolute Gasteiger partial charge is 0.497 e. The average Bonchev–Trinajstić information content (AvgIpc) is 3.91. The van der Waals surface area contributed by atoms with Gasteiger partial charge >= 0.3 is 0 Å². The molecule has 12 nitrogen and oxygen atoms in total. The number of hydrazone groups is 1. The molecule has 3 aromatic carbocycles. The lowest BCUT2D eigenvalue weighted by Crippen LogP contribution is -2.29. The lowest BCUT2D eigenvalue weighted by molar-refractivity contribution is -0.130. The van der Waals surface area contributed by atoms with Gasteiger partial charge in [-0.3, -0.25) is 9.59 Å². The van der Waals surface area contributed by atoms with Gasteiger partial charge in [-0.15, -0.1) is 10.2 Å². The first kappa shape index (κ1) is 32.4. The minimum absolute atomic E-state index is 0.0356. The second-order valence-electron chi connectivity index (χ2n) is 10.7. The number of nitrogens with zero attached hydrogens (tertiary/aromatic N) is 5. The maximum Gasteiger partial charge on any atom is 0.287 e. The average molecular weight is 667 g/mol. The fourth-order valence-electron chi connectivity index (χ4n) is 5.44. The summed E-state index contributed by atoms with van der Waals surface area (Å²) in [6.45, 7) is 0.566. The van der Waals surface area contributed by atoms with E-state index in [1.165, 1.54) is 23.0 Å². The van der Waals surface area contributed by atoms with Crippen LogP contribution in [-0.2, 0) is 17.9 Å². The number of amides is 2. The molecule has 5 aromatic rings. The van der Waals surface area contributed by atoms with Crippen LogP contribution in [0.15, 0.2) is 106 Å². The van der Waals surface area contributed by atoms with Gasteiger partial charge in [0, 0.05) is 12.0 Å². The maximum absolute atomic E-state index is 14.0. The minimum atomic E-state index is -0.435. The number of benzene rings is 3. The number of hydrogen-bond donors (Lipinski definition) is 1. The number of carbonyl (C=O) groups is 2. The van der Waals surface area contributed by atoms with Gasteiger partial charge in [-0.2, -0.15) is 5.10 Å². The van der Waals surface area contributed by atoms with Crippen LogP contribution in [0.1, 0.15) is 45.5 Å². The summed E-state index contributed by atoms with van der Waals surface area (Å²) in [7, 11) is 4.78. The second kappa shape index (κ2) is 14.9. The van der Waals surface area contributed by atoms with Crippen molar-refractivity contribution in [2.45, 2.75) is 30.7 Å². The number of carbonyl (C=O) groups excluding carboxylic acids is 2. The second-order valence-corrected chi connectivity index (χ2v) is 11.7. The number of aromatic nitrogens is 3. The predicted octanol–water partition coefficient (Wildman–Crippen LogP) is 5.35. The van der Waals surface area contributed by atoms with E-state index < -0.39 is 6.04 Å².